The van der Waals surface area contributed by atoms with E-state index in [1.807, 2.05) is 48.5 Å². The lowest BCUT2D eigenvalue weighted by atomic mass is 10.2. The van der Waals surface area contributed by atoms with Crippen molar-refractivity contribution < 1.29 is 0 Å². The summed E-state index contributed by atoms with van der Waals surface area (Å²) in [5, 5.41) is 1.01. The highest BCUT2D eigenvalue weighted by Crippen LogP contribution is 2.24. The molecule has 0 spiro atoms. The predicted octanol–water partition coefficient (Wildman–Crippen LogP) is 5.87. The second-order valence-corrected chi connectivity index (χ2v) is 6.66. The van der Waals surface area contributed by atoms with Gasteiger partial charge in [0.2, 0.25) is 0 Å². The van der Waals surface area contributed by atoms with Crippen molar-refractivity contribution in [3.8, 4) is 11.8 Å². The fraction of sp³-hybridized carbons (Fsp3) is 0. The Kier molecular flexibility index (Phi) is 4.41. The van der Waals surface area contributed by atoms with E-state index >= 15 is 0 Å². The smallest absolute Gasteiger partial charge is 0.117 e. The van der Waals surface area contributed by atoms with Crippen molar-refractivity contribution in [3.05, 3.63) is 101 Å². The summed E-state index contributed by atoms with van der Waals surface area (Å²) in [6, 6.07) is 26.5. The number of rotatable bonds is 2. The van der Waals surface area contributed by atoms with Gasteiger partial charge >= 0.3 is 0 Å². The number of thiazole rings is 1. The Balaban J connectivity index is 1.59. The maximum absolute atomic E-state index is 4.71. The second-order valence-electron chi connectivity index (χ2n) is 5.59. The van der Waals surface area contributed by atoms with Gasteiger partial charge in [0.25, 0.3) is 0 Å². The molecule has 0 fully saturated rings. The van der Waals surface area contributed by atoms with Crippen LogP contribution in [0.1, 0.15) is 21.7 Å². The summed E-state index contributed by atoms with van der Waals surface area (Å²) in [6.45, 7) is 0. The minimum Gasteiger partial charge on any atom is -0.237 e. The van der Waals surface area contributed by atoms with E-state index in [0.29, 0.717) is 0 Å². The lowest BCUT2D eigenvalue weighted by Gasteiger charge is -1.91. The van der Waals surface area contributed by atoms with E-state index in [0.717, 1.165) is 21.7 Å². The first-order valence-electron chi connectivity index (χ1n) is 8.08. The number of hydrogen-bond donors (Lipinski definition) is 0. The minimum atomic E-state index is 0.986. The standard InChI is InChI=1S/C23H15NS/c1-3-7-18(8-4-1)11-12-20-13-15-22-21(17-20)24-23(25-22)16-14-19-9-5-2-6-10-19/h1-10,13-17H. The first kappa shape index (κ1) is 15.4. The topological polar surface area (TPSA) is 12.9 Å². The average molecular weight is 337 g/mol. The number of nitrogens with zero attached hydrogens (tertiary/aromatic N) is 1. The highest BCUT2D eigenvalue weighted by molar-refractivity contribution is 7.19. The summed E-state index contributed by atoms with van der Waals surface area (Å²) in [5.74, 6) is 6.41. The van der Waals surface area contributed by atoms with E-state index in [-0.39, 0.29) is 0 Å². The number of hydrogen-bond acceptors (Lipinski definition) is 2. The Morgan fingerprint density at radius 1 is 0.720 bits per heavy atom. The summed E-state index contributed by atoms with van der Waals surface area (Å²) >= 11 is 1.69. The average Bonchev–Trinajstić information content (AvgIpc) is 3.08. The van der Waals surface area contributed by atoms with Crippen LogP contribution in [-0.4, -0.2) is 4.98 Å². The second kappa shape index (κ2) is 7.17. The van der Waals surface area contributed by atoms with Gasteiger partial charge in [0.05, 0.1) is 10.2 Å². The van der Waals surface area contributed by atoms with Crippen LogP contribution >= 0.6 is 11.3 Å². The van der Waals surface area contributed by atoms with Crippen LogP contribution in [0, 0.1) is 11.8 Å². The van der Waals surface area contributed by atoms with Gasteiger partial charge in [-0.2, -0.15) is 0 Å². The molecule has 0 aliphatic rings. The summed E-state index contributed by atoms with van der Waals surface area (Å²) in [6.07, 6.45) is 4.16. The van der Waals surface area contributed by atoms with Gasteiger partial charge in [0.15, 0.2) is 0 Å². The van der Waals surface area contributed by atoms with Gasteiger partial charge in [-0.1, -0.05) is 66.4 Å². The zero-order valence-corrected chi connectivity index (χ0v) is 14.3. The van der Waals surface area contributed by atoms with E-state index in [4.69, 9.17) is 4.98 Å². The highest BCUT2D eigenvalue weighted by atomic mass is 32.1. The van der Waals surface area contributed by atoms with Crippen molar-refractivity contribution >= 4 is 33.7 Å². The fourth-order valence-electron chi connectivity index (χ4n) is 2.49. The molecule has 0 atom stereocenters. The zero-order valence-electron chi connectivity index (χ0n) is 13.5. The van der Waals surface area contributed by atoms with Crippen LogP contribution in [-0.2, 0) is 0 Å². The van der Waals surface area contributed by atoms with Gasteiger partial charge in [-0.15, -0.1) is 11.3 Å². The monoisotopic (exact) mass is 337 g/mol. The summed E-state index contributed by atoms with van der Waals surface area (Å²) in [5.41, 5.74) is 4.18. The van der Waals surface area contributed by atoms with Crippen molar-refractivity contribution in [2.75, 3.05) is 0 Å². The Labute approximate surface area is 151 Å². The third-order valence-electron chi connectivity index (χ3n) is 3.75. The van der Waals surface area contributed by atoms with E-state index in [2.05, 4.69) is 54.3 Å². The van der Waals surface area contributed by atoms with Gasteiger partial charge < -0.3 is 0 Å². The molecule has 0 aliphatic carbocycles. The zero-order chi connectivity index (χ0) is 16.9. The minimum absolute atomic E-state index is 0.986. The van der Waals surface area contributed by atoms with E-state index < -0.39 is 0 Å². The van der Waals surface area contributed by atoms with Crippen molar-refractivity contribution in [2.45, 2.75) is 0 Å². The molecule has 2 heteroatoms. The molecule has 1 nitrogen and oxygen atoms in total. The number of fused-ring (bicyclic) bond motifs is 1. The molecule has 0 amide bonds. The number of benzene rings is 3. The molecular formula is C23H15NS. The SMILES string of the molecule is C(#Cc1ccc2sc(C=Cc3ccccc3)nc2c1)c1ccccc1. The third-order valence-corrected chi connectivity index (χ3v) is 4.75. The van der Waals surface area contributed by atoms with Crippen LogP contribution in [0.25, 0.3) is 22.4 Å². The summed E-state index contributed by atoms with van der Waals surface area (Å²) in [7, 11) is 0. The molecule has 0 saturated carbocycles. The van der Waals surface area contributed by atoms with Crippen LogP contribution < -0.4 is 0 Å². The molecule has 118 valence electrons. The Morgan fingerprint density at radius 2 is 1.44 bits per heavy atom. The quantitative estimate of drug-likeness (QED) is 0.417. The summed E-state index contributed by atoms with van der Waals surface area (Å²) < 4.78 is 1.18. The molecular weight excluding hydrogens is 322 g/mol. The molecule has 0 N–H and O–H groups in total. The van der Waals surface area contributed by atoms with Crippen molar-refractivity contribution in [3.63, 3.8) is 0 Å². The van der Waals surface area contributed by atoms with Crippen molar-refractivity contribution in [1.29, 1.82) is 0 Å². The Hall–Kier alpha value is -3.15. The summed E-state index contributed by atoms with van der Waals surface area (Å²) in [4.78, 5) is 4.71. The van der Waals surface area contributed by atoms with Gasteiger partial charge in [-0.25, -0.2) is 4.98 Å². The molecule has 0 bridgehead atoms. The maximum Gasteiger partial charge on any atom is 0.117 e. The first-order valence-corrected chi connectivity index (χ1v) is 8.89. The Bertz CT molecular complexity index is 1080. The molecule has 4 aromatic rings. The molecule has 0 saturated heterocycles. The maximum atomic E-state index is 4.71. The molecule has 0 unspecified atom stereocenters. The normalized spacial score (nSPS) is 10.7. The molecule has 1 heterocycles. The van der Waals surface area contributed by atoms with Crippen LogP contribution in [0.4, 0.5) is 0 Å². The molecule has 1 aromatic heterocycles. The van der Waals surface area contributed by atoms with Crippen molar-refractivity contribution in [1.82, 2.24) is 4.98 Å². The van der Waals surface area contributed by atoms with Crippen LogP contribution in [0.5, 0.6) is 0 Å². The van der Waals surface area contributed by atoms with Gasteiger partial charge in [-0.3, -0.25) is 0 Å². The van der Waals surface area contributed by atoms with Crippen molar-refractivity contribution in [2.24, 2.45) is 0 Å². The lowest BCUT2D eigenvalue weighted by Crippen LogP contribution is -1.76. The lowest BCUT2D eigenvalue weighted by molar-refractivity contribution is 1.46. The predicted molar refractivity (Wildman–Crippen MR) is 107 cm³/mol. The molecule has 4 rings (SSSR count). The van der Waals surface area contributed by atoms with E-state index in [1.165, 1.54) is 10.3 Å². The fourth-order valence-corrected chi connectivity index (χ4v) is 3.34. The van der Waals surface area contributed by atoms with E-state index in [1.54, 1.807) is 11.3 Å². The van der Waals surface area contributed by atoms with Gasteiger partial charge in [0, 0.05) is 11.1 Å². The van der Waals surface area contributed by atoms with Crippen LogP contribution in [0.15, 0.2) is 78.9 Å². The largest absolute Gasteiger partial charge is 0.237 e. The van der Waals surface area contributed by atoms with Gasteiger partial charge in [-0.05, 0) is 42.0 Å². The third kappa shape index (κ3) is 3.85. The molecule has 25 heavy (non-hydrogen) atoms. The molecule has 3 aromatic carbocycles. The highest BCUT2D eigenvalue weighted by Gasteiger charge is 2.02. The Morgan fingerprint density at radius 3 is 2.24 bits per heavy atom. The number of aromatic nitrogens is 1. The van der Waals surface area contributed by atoms with Crippen LogP contribution in [0.3, 0.4) is 0 Å². The molecule has 0 radical (unpaired) electrons. The first-order chi connectivity index (χ1) is 12.4. The van der Waals surface area contributed by atoms with E-state index in [9.17, 15) is 0 Å². The van der Waals surface area contributed by atoms with Gasteiger partial charge in [0.1, 0.15) is 5.01 Å². The van der Waals surface area contributed by atoms with Crippen LogP contribution in [0.2, 0.25) is 0 Å². The molecule has 0 aliphatic heterocycles.